The highest BCUT2D eigenvalue weighted by Gasteiger charge is 2.17. The number of imidazole rings is 1. The van der Waals surface area contributed by atoms with Crippen molar-refractivity contribution in [1.82, 2.24) is 14.5 Å². The summed E-state index contributed by atoms with van der Waals surface area (Å²) >= 11 is 0. The normalized spacial score (nSPS) is 13.3. The molecule has 120 valence electrons. The van der Waals surface area contributed by atoms with E-state index in [4.69, 9.17) is 4.74 Å². The van der Waals surface area contributed by atoms with Crippen LogP contribution < -0.4 is 0 Å². The van der Waals surface area contributed by atoms with Gasteiger partial charge in [-0.2, -0.15) is 0 Å². The zero-order valence-corrected chi connectivity index (χ0v) is 14.2. The quantitative estimate of drug-likeness (QED) is 0.629. The van der Waals surface area contributed by atoms with Crippen molar-refractivity contribution in [3.8, 4) is 0 Å². The van der Waals surface area contributed by atoms with Gasteiger partial charge in [0, 0.05) is 32.6 Å². The molecule has 2 aromatic heterocycles. The molecule has 0 amide bonds. The molecule has 1 N–H and O–H groups in total. The Kier molecular flexibility index (Phi) is 5.44. The summed E-state index contributed by atoms with van der Waals surface area (Å²) < 4.78 is 21.0. The Morgan fingerprint density at radius 1 is 1.41 bits per heavy atom. The average Bonchev–Trinajstić information content (AvgIpc) is 2.91. The van der Waals surface area contributed by atoms with Gasteiger partial charge in [-0.15, -0.1) is 0 Å². The Morgan fingerprint density at radius 2 is 2.18 bits per heavy atom. The van der Waals surface area contributed by atoms with Gasteiger partial charge >= 0.3 is 0 Å². The average molecular weight is 323 g/mol. The Balaban J connectivity index is 1.92. The molecule has 0 saturated heterocycles. The van der Waals surface area contributed by atoms with Crippen molar-refractivity contribution in [2.75, 3.05) is 6.61 Å². The summed E-state index contributed by atoms with van der Waals surface area (Å²) in [5.41, 5.74) is 0.554. The van der Waals surface area contributed by atoms with E-state index in [1.165, 1.54) is 12.3 Å². The molecule has 2 rings (SSSR count). The molecule has 0 aliphatic heterocycles. The maximum Gasteiger partial charge on any atom is 0.147 e. The predicted molar refractivity (Wildman–Crippen MR) is 84.6 cm³/mol. The van der Waals surface area contributed by atoms with Gasteiger partial charge in [-0.3, -0.25) is 4.98 Å². The van der Waals surface area contributed by atoms with Crippen molar-refractivity contribution in [2.24, 2.45) is 0 Å². The van der Waals surface area contributed by atoms with Crippen LogP contribution in [0, 0.1) is 5.82 Å². The van der Waals surface area contributed by atoms with Crippen LogP contribution in [0.15, 0.2) is 31.0 Å². The number of pyridine rings is 1. The maximum absolute atomic E-state index is 13.6. The number of hydrogen-bond acceptors (Lipinski definition) is 4. The van der Waals surface area contributed by atoms with Crippen LogP contribution in [0.3, 0.4) is 0 Å². The van der Waals surface area contributed by atoms with Gasteiger partial charge in [0.15, 0.2) is 0 Å². The molecule has 0 aromatic carbocycles. The van der Waals surface area contributed by atoms with Crippen LogP contribution >= 0.6 is 0 Å². The maximum atomic E-state index is 13.6. The molecule has 0 saturated carbocycles. The summed E-state index contributed by atoms with van der Waals surface area (Å²) in [7, 11) is -1.10. The Morgan fingerprint density at radius 3 is 2.86 bits per heavy atom. The molecule has 1 atom stereocenters. The van der Waals surface area contributed by atoms with Crippen molar-refractivity contribution in [3.63, 3.8) is 0 Å². The van der Waals surface area contributed by atoms with Gasteiger partial charge in [-0.25, -0.2) is 9.37 Å². The number of aromatic nitrogens is 3. The lowest BCUT2D eigenvalue weighted by Crippen LogP contribution is -2.21. The molecule has 0 aliphatic rings. The molecule has 2 aromatic rings. The first-order valence-corrected chi connectivity index (χ1v) is 10.9. The third kappa shape index (κ3) is 4.72. The van der Waals surface area contributed by atoms with Crippen molar-refractivity contribution < 1.29 is 14.2 Å². The first-order valence-electron chi connectivity index (χ1n) is 7.24. The van der Waals surface area contributed by atoms with E-state index >= 15 is 0 Å². The molecule has 0 spiro atoms. The number of aliphatic hydroxyl groups excluding tert-OH is 1. The smallest absolute Gasteiger partial charge is 0.147 e. The fourth-order valence-corrected chi connectivity index (χ4v) is 2.66. The van der Waals surface area contributed by atoms with Crippen molar-refractivity contribution >= 4 is 8.07 Å². The van der Waals surface area contributed by atoms with Crippen molar-refractivity contribution in [1.29, 1.82) is 0 Å². The number of aliphatic hydroxyl groups is 1. The number of nitrogens with zero attached hydrogens (tertiary/aromatic N) is 3. The molecule has 22 heavy (non-hydrogen) atoms. The number of rotatable bonds is 7. The minimum atomic E-state index is -1.11. The minimum absolute atomic E-state index is 0.167. The van der Waals surface area contributed by atoms with Crippen LogP contribution in [-0.4, -0.2) is 34.3 Å². The highest BCUT2D eigenvalue weighted by Crippen LogP contribution is 2.22. The van der Waals surface area contributed by atoms with Gasteiger partial charge < -0.3 is 14.4 Å². The molecule has 0 radical (unpaired) electrons. The summed E-state index contributed by atoms with van der Waals surface area (Å²) in [6.07, 6.45) is 4.66. The van der Waals surface area contributed by atoms with Crippen LogP contribution in [0.25, 0.3) is 0 Å². The van der Waals surface area contributed by atoms with Crippen LogP contribution in [0.2, 0.25) is 25.7 Å². The number of ether oxygens (including phenoxy) is 1. The molecule has 5 nitrogen and oxygen atoms in total. The highest BCUT2D eigenvalue weighted by molar-refractivity contribution is 6.76. The fourth-order valence-electron chi connectivity index (χ4n) is 1.90. The molecular weight excluding hydrogens is 301 g/mol. The lowest BCUT2D eigenvalue weighted by molar-refractivity contribution is 0.0869. The first kappa shape index (κ1) is 16.8. The predicted octanol–water partition coefficient (Wildman–Crippen LogP) is 2.81. The summed E-state index contributed by atoms with van der Waals surface area (Å²) in [6, 6.07) is 2.54. The van der Waals surface area contributed by atoms with E-state index in [1.807, 2.05) is 0 Å². The van der Waals surface area contributed by atoms with E-state index in [0.29, 0.717) is 19.0 Å². The third-order valence-electron chi connectivity index (χ3n) is 3.27. The fraction of sp³-hybridized carbons (Fsp3) is 0.467. The van der Waals surface area contributed by atoms with Crippen molar-refractivity contribution in [2.45, 2.75) is 38.5 Å². The molecule has 0 fully saturated rings. The third-order valence-corrected chi connectivity index (χ3v) is 4.97. The Hall–Kier alpha value is -1.57. The largest absolute Gasteiger partial charge is 0.382 e. The minimum Gasteiger partial charge on any atom is -0.382 e. The van der Waals surface area contributed by atoms with E-state index in [2.05, 4.69) is 29.6 Å². The van der Waals surface area contributed by atoms with Gasteiger partial charge in [0.25, 0.3) is 0 Å². The SMILES string of the molecule is C[Si](C)(C)CCOCn1cnc(C(O)c2ccncc2F)c1. The van der Waals surface area contributed by atoms with E-state index in [0.717, 1.165) is 12.2 Å². The first-order chi connectivity index (χ1) is 10.4. The molecular formula is C15H22FN3O2Si. The molecule has 7 heteroatoms. The molecule has 1 unspecified atom stereocenters. The number of halogens is 1. The summed E-state index contributed by atoms with van der Waals surface area (Å²) in [4.78, 5) is 7.78. The van der Waals surface area contributed by atoms with Crippen LogP contribution in [0.4, 0.5) is 4.39 Å². The second-order valence-corrected chi connectivity index (χ2v) is 12.1. The lowest BCUT2D eigenvalue weighted by atomic mass is 10.1. The van der Waals surface area contributed by atoms with Gasteiger partial charge in [-0.1, -0.05) is 19.6 Å². The highest BCUT2D eigenvalue weighted by atomic mass is 28.3. The van der Waals surface area contributed by atoms with Crippen LogP contribution in [0.5, 0.6) is 0 Å². The van der Waals surface area contributed by atoms with E-state index in [-0.39, 0.29) is 5.56 Å². The Bertz CT molecular complexity index is 613. The van der Waals surface area contributed by atoms with E-state index in [9.17, 15) is 9.50 Å². The van der Waals surface area contributed by atoms with Crippen LogP contribution in [-0.2, 0) is 11.5 Å². The zero-order valence-electron chi connectivity index (χ0n) is 13.2. The lowest BCUT2D eigenvalue weighted by Gasteiger charge is -2.15. The van der Waals surface area contributed by atoms with Gasteiger partial charge in [0.1, 0.15) is 18.7 Å². The molecule has 0 aliphatic carbocycles. The van der Waals surface area contributed by atoms with E-state index in [1.54, 1.807) is 17.1 Å². The standard InChI is InChI=1S/C15H22FN3O2Si/c1-22(2,3)7-6-21-11-19-9-14(18-10-19)15(20)12-4-5-17-8-13(12)16/h4-5,8-10,15,20H,6-7,11H2,1-3H3. The summed E-state index contributed by atoms with van der Waals surface area (Å²) in [5.74, 6) is -0.545. The Labute approximate surface area is 130 Å². The zero-order chi connectivity index (χ0) is 16.2. The summed E-state index contributed by atoms with van der Waals surface area (Å²) in [6.45, 7) is 7.98. The van der Waals surface area contributed by atoms with Gasteiger partial charge in [0.05, 0.1) is 18.2 Å². The van der Waals surface area contributed by atoms with E-state index < -0.39 is 20.0 Å². The van der Waals surface area contributed by atoms with Gasteiger partial charge in [-0.05, 0) is 12.1 Å². The second kappa shape index (κ2) is 7.13. The topological polar surface area (TPSA) is 60.2 Å². The number of hydrogen-bond donors (Lipinski definition) is 1. The van der Waals surface area contributed by atoms with Crippen LogP contribution in [0.1, 0.15) is 17.4 Å². The van der Waals surface area contributed by atoms with Crippen molar-refractivity contribution in [3.05, 3.63) is 48.1 Å². The summed E-state index contributed by atoms with van der Waals surface area (Å²) in [5, 5.41) is 10.2. The molecule has 0 bridgehead atoms. The monoisotopic (exact) mass is 323 g/mol. The second-order valence-electron chi connectivity index (χ2n) is 6.46. The molecule has 2 heterocycles. The van der Waals surface area contributed by atoms with Gasteiger partial charge in [0.2, 0.25) is 0 Å².